The van der Waals surface area contributed by atoms with Crippen LogP contribution >= 0.6 is 27.3 Å². The van der Waals surface area contributed by atoms with Crippen molar-refractivity contribution >= 4 is 33.2 Å². The largest absolute Gasteiger partial charge is 0.348 e. The summed E-state index contributed by atoms with van der Waals surface area (Å²) in [4.78, 5) is 11.9. The quantitative estimate of drug-likeness (QED) is 0.910. The van der Waals surface area contributed by atoms with Crippen LogP contribution in [0, 0.1) is 12.7 Å². The molecule has 0 aliphatic heterocycles. The van der Waals surface area contributed by atoms with Crippen LogP contribution in [0.5, 0.6) is 0 Å². The zero-order valence-electron chi connectivity index (χ0n) is 9.67. The molecule has 1 N–H and O–H groups in total. The van der Waals surface area contributed by atoms with E-state index < -0.39 is 5.82 Å². The molecule has 2 nitrogen and oxygen atoms in total. The highest BCUT2D eigenvalue weighted by Crippen LogP contribution is 2.18. The Hall–Kier alpha value is -1.20. The van der Waals surface area contributed by atoms with E-state index in [2.05, 4.69) is 21.2 Å². The average Bonchev–Trinajstić information content (AvgIpc) is 2.75. The summed E-state index contributed by atoms with van der Waals surface area (Å²) in [6.07, 6.45) is 0. The maximum absolute atomic E-state index is 13.1. The molecule has 0 bridgehead atoms. The van der Waals surface area contributed by atoms with Crippen molar-refractivity contribution in [2.45, 2.75) is 13.5 Å². The first-order valence-electron chi connectivity index (χ1n) is 5.33. The lowest BCUT2D eigenvalue weighted by atomic mass is 10.2. The van der Waals surface area contributed by atoms with Crippen LogP contribution in [-0.4, -0.2) is 5.91 Å². The standard InChI is InChI=1S/C13H11BrFNOS/c1-8-6-18-7-9(8)5-16-13(17)11-4-10(15)2-3-12(11)14/h2-4,6-7H,5H2,1H3,(H,16,17). The predicted molar refractivity (Wildman–Crippen MR) is 74.3 cm³/mol. The third-order valence-corrected chi connectivity index (χ3v) is 4.18. The Morgan fingerprint density at radius 3 is 2.89 bits per heavy atom. The van der Waals surface area contributed by atoms with Crippen LogP contribution in [0.15, 0.2) is 33.4 Å². The molecule has 0 atom stereocenters. The summed E-state index contributed by atoms with van der Waals surface area (Å²) in [7, 11) is 0. The second-order valence-corrected chi connectivity index (χ2v) is 5.48. The molecule has 2 rings (SSSR count). The summed E-state index contributed by atoms with van der Waals surface area (Å²) < 4.78 is 13.7. The number of amides is 1. The molecule has 0 fully saturated rings. The molecule has 0 radical (unpaired) electrons. The van der Waals surface area contributed by atoms with E-state index in [0.717, 1.165) is 11.1 Å². The molecule has 0 aliphatic rings. The number of rotatable bonds is 3. The van der Waals surface area contributed by atoms with Crippen LogP contribution in [0.1, 0.15) is 21.5 Å². The fourth-order valence-corrected chi connectivity index (χ4v) is 2.79. The van der Waals surface area contributed by atoms with Gasteiger partial charge in [-0.2, -0.15) is 11.3 Å². The number of aryl methyl sites for hydroxylation is 1. The number of halogens is 2. The normalized spacial score (nSPS) is 10.4. The van der Waals surface area contributed by atoms with Crippen molar-refractivity contribution in [1.82, 2.24) is 5.32 Å². The second-order valence-electron chi connectivity index (χ2n) is 3.89. The molecule has 1 amide bonds. The molecular formula is C13H11BrFNOS. The van der Waals surface area contributed by atoms with E-state index in [1.54, 1.807) is 11.3 Å². The number of hydrogen-bond acceptors (Lipinski definition) is 2. The molecule has 0 unspecified atom stereocenters. The molecule has 0 spiro atoms. The first-order valence-corrected chi connectivity index (χ1v) is 7.06. The van der Waals surface area contributed by atoms with Gasteiger partial charge in [0.25, 0.3) is 5.91 Å². The molecule has 1 aromatic carbocycles. The number of carbonyl (C=O) groups is 1. The first kappa shape index (κ1) is 13.2. The topological polar surface area (TPSA) is 29.1 Å². The lowest BCUT2D eigenvalue weighted by Gasteiger charge is -2.07. The molecule has 18 heavy (non-hydrogen) atoms. The predicted octanol–water partition coefficient (Wildman–Crippen LogP) is 3.89. The zero-order chi connectivity index (χ0) is 13.1. The Morgan fingerprint density at radius 1 is 1.44 bits per heavy atom. The minimum atomic E-state index is -0.421. The summed E-state index contributed by atoms with van der Waals surface area (Å²) in [6, 6.07) is 4.06. The highest BCUT2D eigenvalue weighted by atomic mass is 79.9. The van der Waals surface area contributed by atoms with Gasteiger partial charge in [0.15, 0.2) is 0 Å². The molecule has 1 heterocycles. The van der Waals surface area contributed by atoms with E-state index in [1.165, 1.54) is 18.2 Å². The Balaban J connectivity index is 2.08. The Labute approximate surface area is 117 Å². The van der Waals surface area contributed by atoms with E-state index in [1.807, 2.05) is 17.7 Å². The summed E-state index contributed by atoms with van der Waals surface area (Å²) in [5, 5.41) is 6.80. The van der Waals surface area contributed by atoms with Gasteiger partial charge >= 0.3 is 0 Å². The maximum Gasteiger partial charge on any atom is 0.252 e. The number of hydrogen-bond donors (Lipinski definition) is 1. The molecular weight excluding hydrogens is 317 g/mol. The van der Waals surface area contributed by atoms with Gasteiger partial charge in [0.1, 0.15) is 5.82 Å². The Bertz CT molecular complexity index is 582. The molecule has 0 saturated heterocycles. The Kier molecular flexibility index (Phi) is 4.14. The third kappa shape index (κ3) is 2.97. The Morgan fingerprint density at radius 2 is 2.22 bits per heavy atom. The van der Waals surface area contributed by atoms with Gasteiger partial charge in [-0.05, 0) is 62.9 Å². The van der Waals surface area contributed by atoms with E-state index in [4.69, 9.17) is 0 Å². The van der Waals surface area contributed by atoms with Gasteiger partial charge in [0.05, 0.1) is 5.56 Å². The molecule has 0 aliphatic carbocycles. The van der Waals surface area contributed by atoms with E-state index in [-0.39, 0.29) is 5.91 Å². The van der Waals surface area contributed by atoms with Gasteiger partial charge in [-0.1, -0.05) is 0 Å². The van der Waals surface area contributed by atoms with Crippen LogP contribution in [0.3, 0.4) is 0 Å². The minimum Gasteiger partial charge on any atom is -0.348 e. The summed E-state index contributed by atoms with van der Waals surface area (Å²) >= 11 is 4.84. The van der Waals surface area contributed by atoms with Crippen LogP contribution in [0.4, 0.5) is 4.39 Å². The lowest BCUT2D eigenvalue weighted by molar-refractivity contribution is 0.0949. The van der Waals surface area contributed by atoms with Gasteiger partial charge in [-0.15, -0.1) is 0 Å². The SMILES string of the molecule is Cc1cscc1CNC(=O)c1cc(F)ccc1Br. The number of benzene rings is 1. The van der Waals surface area contributed by atoms with Gasteiger partial charge in [-0.25, -0.2) is 4.39 Å². The first-order chi connectivity index (χ1) is 8.58. The molecule has 1 aromatic heterocycles. The monoisotopic (exact) mass is 327 g/mol. The molecule has 2 aromatic rings. The van der Waals surface area contributed by atoms with Crippen LogP contribution in [-0.2, 0) is 6.54 Å². The van der Waals surface area contributed by atoms with Crippen LogP contribution in [0.25, 0.3) is 0 Å². The summed E-state index contributed by atoms with van der Waals surface area (Å²) in [5.74, 6) is -0.706. The highest BCUT2D eigenvalue weighted by molar-refractivity contribution is 9.10. The van der Waals surface area contributed by atoms with Crippen LogP contribution in [0.2, 0.25) is 0 Å². The fourth-order valence-electron chi connectivity index (χ4n) is 1.51. The molecule has 5 heteroatoms. The summed E-state index contributed by atoms with van der Waals surface area (Å²) in [6.45, 7) is 2.45. The van der Waals surface area contributed by atoms with Crippen molar-refractivity contribution in [2.24, 2.45) is 0 Å². The van der Waals surface area contributed by atoms with E-state index in [0.29, 0.717) is 16.6 Å². The van der Waals surface area contributed by atoms with Crippen molar-refractivity contribution < 1.29 is 9.18 Å². The van der Waals surface area contributed by atoms with Gasteiger partial charge in [0, 0.05) is 11.0 Å². The third-order valence-electron chi connectivity index (χ3n) is 2.57. The zero-order valence-corrected chi connectivity index (χ0v) is 12.1. The van der Waals surface area contributed by atoms with Crippen molar-refractivity contribution in [1.29, 1.82) is 0 Å². The molecule has 0 saturated carbocycles. The van der Waals surface area contributed by atoms with Gasteiger partial charge in [-0.3, -0.25) is 4.79 Å². The van der Waals surface area contributed by atoms with Crippen molar-refractivity contribution in [3.63, 3.8) is 0 Å². The second kappa shape index (κ2) is 5.63. The van der Waals surface area contributed by atoms with E-state index >= 15 is 0 Å². The van der Waals surface area contributed by atoms with E-state index in [9.17, 15) is 9.18 Å². The van der Waals surface area contributed by atoms with Gasteiger partial charge < -0.3 is 5.32 Å². The van der Waals surface area contributed by atoms with Crippen LogP contribution < -0.4 is 5.32 Å². The maximum atomic E-state index is 13.1. The molecule has 94 valence electrons. The summed E-state index contributed by atoms with van der Waals surface area (Å²) in [5.41, 5.74) is 2.54. The average molecular weight is 328 g/mol. The minimum absolute atomic E-state index is 0.285. The highest BCUT2D eigenvalue weighted by Gasteiger charge is 2.11. The van der Waals surface area contributed by atoms with Crippen molar-refractivity contribution in [3.8, 4) is 0 Å². The number of carbonyl (C=O) groups excluding carboxylic acids is 1. The van der Waals surface area contributed by atoms with Crippen molar-refractivity contribution in [2.75, 3.05) is 0 Å². The number of nitrogens with one attached hydrogen (secondary N) is 1. The number of thiophene rings is 1. The van der Waals surface area contributed by atoms with Gasteiger partial charge in [0.2, 0.25) is 0 Å². The fraction of sp³-hybridized carbons (Fsp3) is 0.154. The smallest absolute Gasteiger partial charge is 0.252 e. The van der Waals surface area contributed by atoms with Crippen molar-refractivity contribution in [3.05, 3.63) is 55.9 Å². The lowest BCUT2D eigenvalue weighted by Crippen LogP contribution is -2.23.